The summed E-state index contributed by atoms with van der Waals surface area (Å²) in [5, 5.41) is 11.2. The van der Waals surface area contributed by atoms with E-state index in [2.05, 4.69) is 15.5 Å². The quantitative estimate of drug-likeness (QED) is 0.539. The Morgan fingerprint density at radius 1 is 1.16 bits per heavy atom. The number of sulfonamides is 1. The molecule has 164 valence electrons. The standard InChI is InChI=1S/C20H23N5O4S2/c1-14(30-20-23-22-18(24(20)2)17-6-5-13-29-17)19(26)21-15-7-9-16(10-8-15)31(27,28)25-11-3-4-12-25/h5-10,13-14H,3-4,11-12H2,1-2H3,(H,21,26)/t14-/m1/s1. The molecule has 1 fully saturated rings. The first-order chi connectivity index (χ1) is 14.9. The van der Waals surface area contributed by atoms with E-state index in [-0.39, 0.29) is 10.8 Å². The highest BCUT2D eigenvalue weighted by molar-refractivity contribution is 8.00. The molecule has 0 unspecified atom stereocenters. The summed E-state index contributed by atoms with van der Waals surface area (Å²) in [6.07, 6.45) is 3.34. The summed E-state index contributed by atoms with van der Waals surface area (Å²) in [4.78, 5) is 12.9. The Labute approximate surface area is 184 Å². The van der Waals surface area contributed by atoms with Gasteiger partial charge in [-0.2, -0.15) is 4.31 Å². The fraction of sp³-hybridized carbons (Fsp3) is 0.350. The Bertz CT molecular complexity index is 1150. The van der Waals surface area contributed by atoms with Gasteiger partial charge in [-0.05, 0) is 56.2 Å². The third-order valence-electron chi connectivity index (χ3n) is 5.05. The van der Waals surface area contributed by atoms with E-state index < -0.39 is 15.3 Å². The van der Waals surface area contributed by atoms with Crippen LogP contribution in [-0.2, 0) is 21.9 Å². The number of carbonyl (C=O) groups excluding carboxylic acids is 1. The van der Waals surface area contributed by atoms with Crippen LogP contribution in [0.25, 0.3) is 11.6 Å². The minimum atomic E-state index is -3.47. The van der Waals surface area contributed by atoms with Crippen molar-refractivity contribution in [3.8, 4) is 11.6 Å². The molecule has 1 atom stereocenters. The zero-order chi connectivity index (χ0) is 22.0. The van der Waals surface area contributed by atoms with Crippen molar-refractivity contribution in [3.05, 3.63) is 42.7 Å². The summed E-state index contributed by atoms with van der Waals surface area (Å²) >= 11 is 1.27. The molecule has 31 heavy (non-hydrogen) atoms. The van der Waals surface area contributed by atoms with Crippen molar-refractivity contribution >= 4 is 33.4 Å². The third kappa shape index (κ3) is 4.53. The molecule has 11 heteroatoms. The number of hydrogen-bond acceptors (Lipinski definition) is 7. The van der Waals surface area contributed by atoms with Crippen molar-refractivity contribution in [1.29, 1.82) is 0 Å². The Morgan fingerprint density at radius 3 is 2.52 bits per heavy atom. The Hall–Kier alpha value is -2.63. The maximum absolute atomic E-state index is 12.6. The average molecular weight is 462 g/mol. The minimum Gasteiger partial charge on any atom is -0.461 e. The highest BCUT2D eigenvalue weighted by Crippen LogP contribution is 2.27. The smallest absolute Gasteiger partial charge is 0.243 e. The molecule has 1 aliphatic rings. The number of hydrogen-bond donors (Lipinski definition) is 1. The number of anilines is 1. The van der Waals surface area contributed by atoms with Gasteiger partial charge in [-0.3, -0.25) is 4.79 Å². The molecule has 0 bridgehead atoms. The van der Waals surface area contributed by atoms with Crippen LogP contribution < -0.4 is 5.32 Å². The normalized spacial score (nSPS) is 15.8. The van der Waals surface area contributed by atoms with Crippen LogP contribution in [0.4, 0.5) is 5.69 Å². The number of benzene rings is 1. The molecule has 1 N–H and O–H groups in total. The van der Waals surface area contributed by atoms with Gasteiger partial charge in [-0.25, -0.2) is 8.42 Å². The fourth-order valence-electron chi connectivity index (χ4n) is 3.28. The van der Waals surface area contributed by atoms with E-state index in [1.54, 1.807) is 42.0 Å². The molecule has 0 radical (unpaired) electrons. The van der Waals surface area contributed by atoms with Crippen molar-refractivity contribution in [2.75, 3.05) is 18.4 Å². The van der Waals surface area contributed by atoms with E-state index in [0.717, 1.165) is 12.8 Å². The second kappa shape index (κ2) is 8.85. The molecule has 2 aromatic heterocycles. The molecule has 9 nitrogen and oxygen atoms in total. The lowest BCUT2D eigenvalue weighted by atomic mass is 10.3. The highest BCUT2D eigenvalue weighted by Gasteiger charge is 2.27. The van der Waals surface area contributed by atoms with Gasteiger partial charge in [0.1, 0.15) is 0 Å². The predicted octanol–water partition coefficient (Wildman–Crippen LogP) is 2.98. The van der Waals surface area contributed by atoms with Crippen LogP contribution in [0.5, 0.6) is 0 Å². The predicted molar refractivity (Wildman–Crippen MR) is 117 cm³/mol. The summed E-state index contributed by atoms with van der Waals surface area (Å²) in [5.74, 6) is 0.959. The number of nitrogens with zero attached hydrogens (tertiary/aromatic N) is 4. The third-order valence-corrected chi connectivity index (χ3v) is 8.10. The van der Waals surface area contributed by atoms with Gasteiger partial charge in [0, 0.05) is 25.8 Å². The van der Waals surface area contributed by atoms with Gasteiger partial charge < -0.3 is 14.3 Å². The van der Waals surface area contributed by atoms with Crippen molar-refractivity contribution in [3.63, 3.8) is 0 Å². The molecular formula is C20H23N5O4S2. The summed E-state index contributed by atoms with van der Waals surface area (Å²) < 4.78 is 33.8. The molecule has 3 heterocycles. The number of amides is 1. The molecule has 1 amide bonds. The van der Waals surface area contributed by atoms with Crippen LogP contribution in [0.15, 0.2) is 57.1 Å². The van der Waals surface area contributed by atoms with Gasteiger partial charge in [0.05, 0.1) is 16.4 Å². The van der Waals surface area contributed by atoms with Gasteiger partial charge in [0.2, 0.25) is 15.9 Å². The van der Waals surface area contributed by atoms with E-state index >= 15 is 0 Å². The monoisotopic (exact) mass is 461 g/mol. The zero-order valence-corrected chi connectivity index (χ0v) is 18.8. The Morgan fingerprint density at radius 2 is 1.87 bits per heavy atom. The van der Waals surface area contributed by atoms with Crippen LogP contribution in [0.3, 0.4) is 0 Å². The Balaban J connectivity index is 1.39. The van der Waals surface area contributed by atoms with Crippen molar-refractivity contribution in [2.45, 2.75) is 35.1 Å². The summed E-state index contributed by atoms with van der Waals surface area (Å²) in [6, 6.07) is 9.83. The summed E-state index contributed by atoms with van der Waals surface area (Å²) in [5.41, 5.74) is 0.534. The van der Waals surface area contributed by atoms with E-state index in [1.807, 2.05) is 7.05 Å². The molecule has 1 aliphatic heterocycles. The first kappa shape index (κ1) is 21.6. The highest BCUT2D eigenvalue weighted by atomic mass is 32.2. The van der Waals surface area contributed by atoms with Crippen LogP contribution in [0.2, 0.25) is 0 Å². The second-order valence-corrected chi connectivity index (χ2v) is 10.5. The maximum atomic E-state index is 12.6. The average Bonchev–Trinajstić information content (AvgIpc) is 3.51. The number of furan rings is 1. The molecule has 1 aromatic carbocycles. The lowest BCUT2D eigenvalue weighted by Crippen LogP contribution is -2.27. The largest absolute Gasteiger partial charge is 0.461 e. The van der Waals surface area contributed by atoms with Gasteiger partial charge in [-0.1, -0.05) is 11.8 Å². The number of nitrogens with one attached hydrogen (secondary N) is 1. The maximum Gasteiger partial charge on any atom is 0.243 e. The van der Waals surface area contributed by atoms with Gasteiger partial charge in [0.15, 0.2) is 16.7 Å². The van der Waals surface area contributed by atoms with Crippen molar-refractivity contribution in [2.24, 2.45) is 7.05 Å². The van der Waals surface area contributed by atoms with Crippen LogP contribution in [0, 0.1) is 0 Å². The second-order valence-electron chi connectivity index (χ2n) is 7.23. The molecule has 3 aromatic rings. The van der Waals surface area contributed by atoms with Crippen molar-refractivity contribution < 1.29 is 17.6 Å². The van der Waals surface area contributed by atoms with Crippen LogP contribution >= 0.6 is 11.8 Å². The van der Waals surface area contributed by atoms with E-state index in [9.17, 15) is 13.2 Å². The molecule has 4 rings (SSSR count). The topological polar surface area (TPSA) is 110 Å². The van der Waals surface area contributed by atoms with E-state index in [1.165, 1.54) is 28.2 Å². The van der Waals surface area contributed by atoms with Gasteiger partial charge in [0.25, 0.3) is 0 Å². The first-order valence-electron chi connectivity index (χ1n) is 9.87. The van der Waals surface area contributed by atoms with Gasteiger partial charge in [-0.15, -0.1) is 10.2 Å². The summed E-state index contributed by atoms with van der Waals surface area (Å²) in [6.45, 7) is 2.88. The molecule has 1 saturated heterocycles. The lowest BCUT2D eigenvalue weighted by Gasteiger charge is -2.16. The molecule has 0 saturated carbocycles. The molecular weight excluding hydrogens is 438 g/mol. The van der Waals surface area contributed by atoms with Crippen LogP contribution in [0.1, 0.15) is 19.8 Å². The number of aromatic nitrogens is 3. The zero-order valence-electron chi connectivity index (χ0n) is 17.2. The Kier molecular flexibility index (Phi) is 6.17. The lowest BCUT2D eigenvalue weighted by molar-refractivity contribution is -0.115. The minimum absolute atomic E-state index is 0.220. The number of thioether (sulfide) groups is 1. The fourth-order valence-corrected chi connectivity index (χ4v) is 5.61. The number of rotatable bonds is 7. The number of carbonyl (C=O) groups is 1. The van der Waals surface area contributed by atoms with Crippen molar-refractivity contribution in [1.82, 2.24) is 19.1 Å². The molecule has 0 aliphatic carbocycles. The molecule has 0 spiro atoms. The van der Waals surface area contributed by atoms with E-state index in [4.69, 9.17) is 4.42 Å². The summed E-state index contributed by atoms with van der Waals surface area (Å²) in [7, 11) is -1.66. The van der Waals surface area contributed by atoms with Crippen LogP contribution in [-0.4, -0.2) is 51.7 Å². The van der Waals surface area contributed by atoms with Gasteiger partial charge >= 0.3 is 0 Å². The first-order valence-corrected chi connectivity index (χ1v) is 12.2. The van der Waals surface area contributed by atoms with E-state index in [0.29, 0.717) is 35.5 Å². The SMILES string of the molecule is C[C@@H](Sc1nnc(-c2ccco2)n1C)C(=O)Nc1ccc(S(=O)(=O)N2CCCC2)cc1.